The molecule has 0 aromatic heterocycles. The van der Waals surface area contributed by atoms with Crippen molar-refractivity contribution in [2.24, 2.45) is 5.73 Å². The van der Waals surface area contributed by atoms with Gasteiger partial charge in [0.25, 0.3) is 5.56 Å². The van der Waals surface area contributed by atoms with Gasteiger partial charge in [0.15, 0.2) is 11.5 Å². The van der Waals surface area contributed by atoms with Crippen molar-refractivity contribution in [3.05, 3.63) is 44.1 Å². The molecule has 1 aromatic carbocycles. The summed E-state index contributed by atoms with van der Waals surface area (Å²) in [6.07, 6.45) is 0. The molecular formula is C14H13N5O3. The first-order valence-electron chi connectivity index (χ1n) is 6.57. The van der Waals surface area contributed by atoms with Crippen molar-refractivity contribution in [3.8, 4) is 11.5 Å². The number of nitrogens with one attached hydrogen (secondary N) is 1. The summed E-state index contributed by atoms with van der Waals surface area (Å²) in [5.74, 6) is -0.560. The third kappa shape index (κ3) is 2.14. The van der Waals surface area contributed by atoms with E-state index < -0.39 is 17.2 Å². The number of nitrogens with two attached hydrogens (primary N) is 1. The lowest BCUT2D eigenvalue weighted by Crippen LogP contribution is -2.30. The molecule has 3 N–H and O–H groups in total. The summed E-state index contributed by atoms with van der Waals surface area (Å²) in [6.45, 7) is 3.63. The van der Waals surface area contributed by atoms with Gasteiger partial charge in [0, 0.05) is 0 Å². The second kappa shape index (κ2) is 4.76. The predicted octanol–water partition coefficient (Wildman–Crippen LogP) is -0.313. The molecule has 0 aliphatic carbocycles. The van der Waals surface area contributed by atoms with E-state index in [2.05, 4.69) is 15.0 Å². The van der Waals surface area contributed by atoms with E-state index in [1.165, 1.54) is 4.57 Å². The average molecular weight is 299 g/mol. The molecule has 2 aliphatic rings. The lowest BCUT2D eigenvalue weighted by Gasteiger charge is -2.16. The molecule has 3 rings (SSSR count). The first-order chi connectivity index (χ1) is 10.4. The number of rotatable bonds is 2. The summed E-state index contributed by atoms with van der Waals surface area (Å²) in [7, 11) is 0. The van der Waals surface area contributed by atoms with Crippen LogP contribution in [0.5, 0.6) is 0 Å². The Kier molecular flexibility index (Phi) is 3.01. The monoisotopic (exact) mass is 299 g/mol. The lowest BCUT2D eigenvalue weighted by molar-refractivity contribution is -0.118. The molecule has 2 heterocycles. The predicted molar refractivity (Wildman–Crippen MR) is 79.7 cm³/mol. The molecule has 112 valence electrons. The van der Waals surface area contributed by atoms with Gasteiger partial charge in [0.05, 0.1) is 11.0 Å². The van der Waals surface area contributed by atoms with Gasteiger partial charge in [-0.1, -0.05) is 0 Å². The zero-order chi connectivity index (χ0) is 16.0. The van der Waals surface area contributed by atoms with Crippen LogP contribution in [0.4, 0.5) is 0 Å². The number of amides is 1. The minimum absolute atomic E-state index is 0.00315. The highest BCUT2D eigenvalue weighted by molar-refractivity contribution is 5.83. The van der Waals surface area contributed by atoms with Crippen molar-refractivity contribution in [1.29, 1.82) is 0 Å². The minimum atomic E-state index is -0.791. The van der Waals surface area contributed by atoms with Crippen molar-refractivity contribution >= 4 is 16.9 Å². The van der Waals surface area contributed by atoms with Gasteiger partial charge in [-0.25, -0.2) is 9.78 Å². The third-order valence-electron chi connectivity index (χ3n) is 3.54. The highest BCUT2D eigenvalue weighted by atomic mass is 16.2. The Morgan fingerprint density at radius 1 is 1.23 bits per heavy atom. The Morgan fingerprint density at radius 2 is 1.91 bits per heavy atom. The zero-order valence-electron chi connectivity index (χ0n) is 12.0. The first kappa shape index (κ1) is 13.9. The molecule has 0 saturated carbocycles. The normalized spacial score (nSPS) is 11.2. The van der Waals surface area contributed by atoms with Crippen LogP contribution in [0.25, 0.3) is 22.6 Å². The zero-order valence-corrected chi connectivity index (χ0v) is 12.0. The van der Waals surface area contributed by atoms with Crippen LogP contribution >= 0.6 is 0 Å². The van der Waals surface area contributed by atoms with Crippen molar-refractivity contribution < 1.29 is 4.79 Å². The number of carbonyl (C=O) groups is 1. The Balaban J connectivity index is 2.55. The fraction of sp³-hybridized carbons (Fsp3) is 0.214. The molecule has 8 heteroatoms. The Labute approximate surface area is 124 Å². The maximum Gasteiger partial charge on any atom is 0.349 e. The number of hydrogen-bond acceptors (Lipinski definition) is 5. The maximum atomic E-state index is 11.9. The van der Waals surface area contributed by atoms with Crippen LogP contribution in [-0.4, -0.2) is 25.4 Å². The molecule has 22 heavy (non-hydrogen) atoms. The Morgan fingerprint density at radius 3 is 2.59 bits per heavy atom. The minimum Gasteiger partial charge on any atom is -0.368 e. The summed E-state index contributed by atoms with van der Waals surface area (Å²) in [6, 6.07) is 3.64. The van der Waals surface area contributed by atoms with E-state index in [4.69, 9.17) is 5.73 Å². The molecule has 1 amide bonds. The summed E-state index contributed by atoms with van der Waals surface area (Å²) >= 11 is 0. The number of aromatic amines is 1. The van der Waals surface area contributed by atoms with E-state index in [9.17, 15) is 14.4 Å². The van der Waals surface area contributed by atoms with Gasteiger partial charge < -0.3 is 10.3 Å². The van der Waals surface area contributed by atoms with E-state index in [1.54, 1.807) is 0 Å². The van der Waals surface area contributed by atoms with Gasteiger partial charge in [-0.15, -0.1) is 0 Å². The smallest absolute Gasteiger partial charge is 0.349 e. The average Bonchev–Trinajstić information content (AvgIpc) is 2.41. The van der Waals surface area contributed by atoms with E-state index in [0.717, 1.165) is 11.1 Å². The standard InChI is InChI=1S/C14H13N5O3/c1-6-3-8-9(4-7(6)2)19(5-10(15)20)12-11(16-8)13(21)18-14(22)17-12/h3-4H,5H2,1-2H3,(H2,15,20)(H,18,21,22). The quantitative estimate of drug-likeness (QED) is 0.628. The highest BCUT2D eigenvalue weighted by Gasteiger charge is 2.19. The van der Waals surface area contributed by atoms with Crippen LogP contribution in [0.1, 0.15) is 11.1 Å². The van der Waals surface area contributed by atoms with Gasteiger partial charge >= 0.3 is 5.69 Å². The first-order valence-corrected chi connectivity index (χ1v) is 6.57. The van der Waals surface area contributed by atoms with Gasteiger partial charge in [0.2, 0.25) is 5.91 Å². The second-order valence-electron chi connectivity index (χ2n) is 5.13. The molecule has 1 aromatic rings. The number of carbonyl (C=O) groups excluding carboxylic acids is 1. The largest absolute Gasteiger partial charge is 0.368 e. The van der Waals surface area contributed by atoms with Crippen LogP contribution in [0.15, 0.2) is 21.7 Å². The number of benzene rings is 1. The fourth-order valence-corrected chi connectivity index (χ4v) is 2.37. The molecule has 0 spiro atoms. The topological polar surface area (TPSA) is 124 Å². The van der Waals surface area contributed by atoms with E-state index in [0.29, 0.717) is 11.0 Å². The molecular weight excluding hydrogens is 286 g/mol. The second-order valence-corrected chi connectivity index (χ2v) is 5.13. The van der Waals surface area contributed by atoms with Crippen molar-refractivity contribution in [1.82, 2.24) is 19.5 Å². The van der Waals surface area contributed by atoms with E-state index >= 15 is 0 Å². The number of hydrogen-bond donors (Lipinski definition) is 2. The van der Waals surface area contributed by atoms with Crippen LogP contribution in [0.3, 0.4) is 0 Å². The summed E-state index contributed by atoms with van der Waals surface area (Å²) < 4.78 is 1.45. The molecule has 8 nitrogen and oxygen atoms in total. The molecule has 2 aliphatic heterocycles. The van der Waals surface area contributed by atoms with Gasteiger partial charge in [-0.2, -0.15) is 4.98 Å². The summed E-state index contributed by atoms with van der Waals surface area (Å²) in [5.41, 5.74) is 6.94. The van der Waals surface area contributed by atoms with Crippen LogP contribution in [-0.2, 0) is 11.3 Å². The van der Waals surface area contributed by atoms with Gasteiger partial charge in [-0.3, -0.25) is 14.6 Å². The number of primary amides is 1. The van der Waals surface area contributed by atoms with Crippen LogP contribution in [0.2, 0.25) is 0 Å². The molecule has 0 unspecified atom stereocenters. The number of aromatic nitrogens is 4. The number of nitrogens with zero attached hydrogens (tertiary/aromatic N) is 3. The molecule has 0 bridgehead atoms. The molecule has 0 atom stereocenters. The van der Waals surface area contributed by atoms with E-state index in [1.807, 2.05) is 26.0 Å². The van der Waals surface area contributed by atoms with Gasteiger partial charge in [0.1, 0.15) is 6.54 Å². The number of fused-ring (bicyclic) bond motifs is 2. The Hall–Kier alpha value is -3.03. The Bertz CT molecular complexity index is 1000. The molecule has 0 fully saturated rings. The molecule has 0 radical (unpaired) electrons. The highest BCUT2D eigenvalue weighted by Crippen LogP contribution is 2.23. The number of aryl methyl sites for hydroxylation is 2. The summed E-state index contributed by atoms with van der Waals surface area (Å²) in [5, 5.41) is 0. The van der Waals surface area contributed by atoms with Crippen LogP contribution < -0.4 is 17.0 Å². The number of H-pyrrole nitrogens is 1. The fourth-order valence-electron chi connectivity index (χ4n) is 2.37. The summed E-state index contributed by atoms with van der Waals surface area (Å²) in [4.78, 5) is 44.9. The van der Waals surface area contributed by atoms with Crippen molar-refractivity contribution in [3.63, 3.8) is 0 Å². The van der Waals surface area contributed by atoms with Crippen molar-refractivity contribution in [2.45, 2.75) is 20.4 Å². The van der Waals surface area contributed by atoms with Crippen LogP contribution in [0, 0.1) is 13.8 Å². The van der Waals surface area contributed by atoms with Crippen molar-refractivity contribution in [2.75, 3.05) is 0 Å². The maximum absolute atomic E-state index is 11.9. The lowest BCUT2D eigenvalue weighted by atomic mass is 10.1. The molecule has 0 saturated heterocycles. The van der Waals surface area contributed by atoms with E-state index in [-0.39, 0.29) is 18.1 Å². The SMILES string of the molecule is Cc1cc2nc3c(=O)[nH]c(=O)nc-3n(CC(N)=O)c2cc1C. The van der Waals surface area contributed by atoms with Gasteiger partial charge in [-0.05, 0) is 37.1 Å². The third-order valence-corrected chi connectivity index (χ3v) is 3.54.